The van der Waals surface area contributed by atoms with Crippen LogP contribution >= 0.6 is 0 Å². The number of hydrogen-bond donors (Lipinski definition) is 5. The van der Waals surface area contributed by atoms with Gasteiger partial charge < -0.3 is 31.5 Å². The van der Waals surface area contributed by atoms with Gasteiger partial charge in [-0.15, -0.1) is 0 Å². The highest BCUT2D eigenvalue weighted by molar-refractivity contribution is 5.99. The van der Waals surface area contributed by atoms with Crippen molar-refractivity contribution in [2.45, 2.75) is 102 Å². The number of aliphatic hydroxyl groups is 1. The highest BCUT2D eigenvalue weighted by Crippen LogP contribution is 2.39. The Hall–Kier alpha value is -7.38. The van der Waals surface area contributed by atoms with Crippen LogP contribution in [0.4, 0.5) is 13.2 Å². The van der Waals surface area contributed by atoms with Gasteiger partial charge in [0.25, 0.3) is 5.91 Å². The van der Waals surface area contributed by atoms with E-state index in [2.05, 4.69) is 35.5 Å². The molecule has 6 atom stereocenters. The van der Waals surface area contributed by atoms with Crippen LogP contribution in [-0.4, -0.2) is 98.3 Å². The number of β-amino-alcohol motifs (C(OH)–C–C–N with tert-alkyl or cyclic N) is 1. The summed E-state index contributed by atoms with van der Waals surface area (Å²) >= 11 is 0. The topological polar surface area (TPSA) is 224 Å². The monoisotopic (exact) mass is 1010 g/mol. The predicted molar refractivity (Wildman–Crippen MR) is 267 cm³/mol. The number of aromatic nitrogens is 3. The SMILES string of the molecule is CC(C)(C)NC(=O)[C@@H]1C[C@@H]2CCCC[C@@H]2CN1C[C@@H](O)[C@H](Cc1ccccc1)NC(=O)[C@H](CC(N)=O)NC(=O)c1ccc2ccccc2n1.COc1ccccc1-c1noc(=O)n1-c1cccc(C(F)(F)F)c1. The molecular formula is C54H61F3N8O8. The Bertz CT molecular complexity index is 2940. The first kappa shape index (κ1) is 53.4. The number of alkyl halides is 3. The van der Waals surface area contributed by atoms with Crippen molar-refractivity contribution in [2.75, 3.05) is 20.2 Å². The normalized spacial score (nSPS) is 18.2. The number of amides is 4. The van der Waals surface area contributed by atoms with Crippen molar-refractivity contribution in [1.82, 2.24) is 35.6 Å². The lowest BCUT2D eigenvalue weighted by atomic mass is 9.72. The zero-order chi connectivity index (χ0) is 52.5. The van der Waals surface area contributed by atoms with Crippen molar-refractivity contribution in [3.63, 3.8) is 0 Å². The Morgan fingerprint density at radius 1 is 0.877 bits per heavy atom. The van der Waals surface area contributed by atoms with Gasteiger partial charge in [0.2, 0.25) is 17.7 Å². The fourth-order valence-corrected chi connectivity index (χ4v) is 9.56. The van der Waals surface area contributed by atoms with E-state index in [0.29, 0.717) is 35.2 Å². The van der Waals surface area contributed by atoms with Crippen molar-refractivity contribution in [2.24, 2.45) is 17.6 Å². The second kappa shape index (κ2) is 23.4. The number of benzene rings is 4. The highest BCUT2D eigenvalue weighted by Gasteiger charge is 2.42. The van der Waals surface area contributed by atoms with Gasteiger partial charge in [-0.3, -0.25) is 28.6 Å². The number of nitrogens with two attached hydrogens (primary N) is 1. The zero-order valence-electron chi connectivity index (χ0n) is 41.1. The third-order valence-corrected chi connectivity index (χ3v) is 13.1. The number of carbonyl (C=O) groups is 4. The van der Waals surface area contributed by atoms with E-state index in [1.165, 1.54) is 25.7 Å². The summed E-state index contributed by atoms with van der Waals surface area (Å²) < 4.78 is 49.5. The van der Waals surface area contributed by atoms with Crippen LogP contribution in [0.5, 0.6) is 5.75 Å². The van der Waals surface area contributed by atoms with Gasteiger partial charge in [0, 0.05) is 24.0 Å². The molecule has 2 fully saturated rings. The van der Waals surface area contributed by atoms with Crippen molar-refractivity contribution in [1.29, 1.82) is 0 Å². The van der Waals surface area contributed by atoms with Gasteiger partial charge in [-0.25, -0.2) is 14.3 Å². The molecule has 6 N–H and O–H groups in total. The molecule has 0 bridgehead atoms. The van der Waals surface area contributed by atoms with E-state index in [0.717, 1.165) is 53.3 Å². The summed E-state index contributed by atoms with van der Waals surface area (Å²) in [6.45, 7) is 6.73. The fourth-order valence-electron chi connectivity index (χ4n) is 9.56. The summed E-state index contributed by atoms with van der Waals surface area (Å²) in [4.78, 5) is 71.3. The number of aliphatic hydroxyl groups excluding tert-OH is 1. The van der Waals surface area contributed by atoms with Gasteiger partial charge in [0.15, 0.2) is 5.82 Å². The summed E-state index contributed by atoms with van der Waals surface area (Å²) in [6.07, 6.45) is -0.496. The molecule has 1 aliphatic carbocycles. The Kier molecular flexibility index (Phi) is 17.2. The average molecular weight is 1010 g/mol. The predicted octanol–water partition coefficient (Wildman–Crippen LogP) is 6.61. The lowest BCUT2D eigenvalue weighted by molar-refractivity contribution is -0.137. The minimum atomic E-state index is -4.53. The molecule has 16 nitrogen and oxygen atoms in total. The second-order valence-electron chi connectivity index (χ2n) is 19.6. The molecule has 8 rings (SSSR count). The first-order valence-corrected chi connectivity index (χ1v) is 24.2. The molecule has 3 heterocycles. The molecule has 19 heteroatoms. The van der Waals surface area contributed by atoms with Crippen LogP contribution in [0.2, 0.25) is 0 Å². The molecule has 0 radical (unpaired) electrons. The quantitative estimate of drug-likeness (QED) is 0.0736. The van der Waals surface area contributed by atoms with Crippen molar-refractivity contribution >= 4 is 34.5 Å². The number of likely N-dealkylation sites (tertiary alicyclic amines) is 1. The van der Waals surface area contributed by atoms with Crippen LogP contribution in [-0.2, 0) is 27.0 Å². The highest BCUT2D eigenvalue weighted by atomic mass is 19.4. The lowest BCUT2D eigenvalue weighted by Gasteiger charge is -2.47. The van der Waals surface area contributed by atoms with Crippen LogP contribution < -0.4 is 32.2 Å². The zero-order valence-corrected chi connectivity index (χ0v) is 41.1. The standard InChI is InChI=1S/C38H50N6O5.C16H11F3N2O3/c1-38(2,3)43-37(49)32-20-26-14-7-8-15-27(26)22-44(32)23-33(45)30(19-24-11-5-4-6-12-24)41-36(48)31(21-34(39)46)42-35(47)29-18-17-25-13-9-10-16-28(25)40-29;1-23-13-8-3-2-7-12(13)14-20-24-15(22)21(14)11-6-4-5-10(9-11)16(17,18)19/h4-6,9-13,16-18,26-27,30-33,45H,7-8,14-15,19-23H2,1-3H3,(H2,39,46)(H,41,48)(H,42,47)(H,43,49);2-9H,1H3/t26-,27+,30-,31-,32-,33+;/m0./s1. The molecule has 1 saturated carbocycles. The van der Waals surface area contributed by atoms with E-state index in [-0.39, 0.29) is 36.1 Å². The van der Waals surface area contributed by atoms with E-state index in [4.69, 9.17) is 10.5 Å². The van der Waals surface area contributed by atoms with Gasteiger partial charge in [0.1, 0.15) is 17.5 Å². The lowest BCUT2D eigenvalue weighted by Crippen LogP contribution is -2.61. The minimum absolute atomic E-state index is 0.00280. The number of pyridine rings is 1. The van der Waals surface area contributed by atoms with Crippen molar-refractivity contribution in [3.05, 3.63) is 143 Å². The molecule has 386 valence electrons. The summed E-state index contributed by atoms with van der Waals surface area (Å²) in [7, 11) is 1.44. The van der Waals surface area contributed by atoms with Gasteiger partial charge in [-0.05, 0) is 99.9 Å². The molecule has 4 aromatic carbocycles. The number of fused-ring (bicyclic) bond motifs is 2. The maximum Gasteiger partial charge on any atom is 0.446 e. The van der Waals surface area contributed by atoms with Crippen LogP contribution in [0.15, 0.2) is 125 Å². The van der Waals surface area contributed by atoms with Gasteiger partial charge in [-0.2, -0.15) is 13.2 Å². The van der Waals surface area contributed by atoms with Gasteiger partial charge in [-0.1, -0.05) is 97.2 Å². The van der Waals surface area contributed by atoms with E-state index in [1.54, 1.807) is 42.5 Å². The van der Waals surface area contributed by atoms with E-state index in [9.17, 15) is 42.3 Å². The minimum Gasteiger partial charge on any atom is -0.496 e. The number of carbonyl (C=O) groups excluding carboxylic acids is 4. The number of halogens is 3. The summed E-state index contributed by atoms with van der Waals surface area (Å²) in [6, 6.07) is 28.7. The van der Waals surface area contributed by atoms with Crippen LogP contribution in [0.3, 0.4) is 0 Å². The van der Waals surface area contributed by atoms with E-state index in [1.807, 2.05) is 69.3 Å². The smallest absolute Gasteiger partial charge is 0.446 e. The molecule has 4 amide bonds. The number of primary amides is 1. The molecule has 2 aliphatic rings. The van der Waals surface area contributed by atoms with Crippen molar-refractivity contribution < 1.29 is 46.7 Å². The van der Waals surface area contributed by atoms with Crippen LogP contribution in [0, 0.1) is 11.8 Å². The largest absolute Gasteiger partial charge is 0.496 e. The number of hydrogen-bond acceptors (Lipinski definition) is 11. The van der Waals surface area contributed by atoms with Crippen LogP contribution in [0.1, 0.15) is 80.9 Å². The van der Waals surface area contributed by atoms with E-state index >= 15 is 0 Å². The molecule has 1 aliphatic heterocycles. The van der Waals surface area contributed by atoms with Crippen molar-refractivity contribution in [3.8, 4) is 22.8 Å². The summed E-state index contributed by atoms with van der Waals surface area (Å²) in [5.74, 6) is -1.63. The molecule has 2 aromatic heterocycles. The summed E-state index contributed by atoms with van der Waals surface area (Å²) in [5, 5.41) is 25.1. The van der Waals surface area contributed by atoms with E-state index < -0.39 is 71.4 Å². The van der Waals surface area contributed by atoms with Gasteiger partial charge in [0.05, 0.1) is 54.0 Å². The van der Waals surface area contributed by atoms with Crippen LogP contribution in [0.25, 0.3) is 28.0 Å². The Morgan fingerprint density at radius 2 is 1.58 bits per heavy atom. The molecule has 1 saturated heterocycles. The first-order chi connectivity index (χ1) is 34.8. The first-order valence-electron chi connectivity index (χ1n) is 24.2. The number of rotatable bonds is 15. The molecule has 0 unspecified atom stereocenters. The third-order valence-electron chi connectivity index (χ3n) is 13.1. The Morgan fingerprint density at radius 3 is 2.29 bits per heavy atom. The maximum atomic E-state index is 13.8. The van der Waals surface area contributed by atoms with Gasteiger partial charge >= 0.3 is 11.9 Å². The Balaban J connectivity index is 0.000000270. The third kappa shape index (κ3) is 14.0. The molecule has 73 heavy (non-hydrogen) atoms. The maximum absolute atomic E-state index is 13.8. The molecular weight excluding hydrogens is 946 g/mol. The molecule has 0 spiro atoms. The fraction of sp³-hybridized carbons (Fsp3) is 0.389. The summed E-state index contributed by atoms with van der Waals surface area (Å²) in [5.41, 5.74) is 6.24. The number of methoxy groups -OCH3 is 1. The average Bonchev–Trinajstić information content (AvgIpc) is 3.75. The molecule has 6 aromatic rings. The number of ether oxygens (including phenoxy) is 1. The Labute approximate surface area is 420 Å². The second-order valence-corrected chi connectivity index (χ2v) is 19.6. The number of piperidine rings is 1. The number of nitrogens with one attached hydrogen (secondary N) is 3. The number of nitrogens with zero attached hydrogens (tertiary/aromatic N) is 4. The number of para-hydroxylation sites is 2.